The molecule has 0 saturated carbocycles. The molecular formula is C11H12Br2N4O2. The van der Waals surface area contributed by atoms with Gasteiger partial charge in [-0.25, -0.2) is 19.6 Å². The average Bonchev–Trinajstić information content (AvgIpc) is 2.36. The van der Waals surface area contributed by atoms with E-state index in [1.807, 2.05) is 13.8 Å². The van der Waals surface area contributed by atoms with Crippen LogP contribution in [0.25, 0.3) is 0 Å². The van der Waals surface area contributed by atoms with Crippen LogP contribution in [-0.2, 0) is 0 Å². The molecule has 0 aromatic carbocycles. The van der Waals surface area contributed by atoms with Crippen LogP contribution in [0.1, 0.15) is 19.9 Å². The predicted molar refractivity (Wildman–Crippen MR) is 79.1 cm³/mol. The highest BCUT2D eigenvalue weighted by atomic mass is 79.9. The van der Waals surface area contributed by atoms with Crippen LogP contribution < -0.4 is 11.4 Å². The number of hydrogen-bond donors (Lipinski definition) is 1. The summed E-state index contributed by atoms with van der Waals surface area (Å²) in [6, 6.07) is 0.160. The summed E-state index contributed by atoms with van der Waals surface area (Å²) in [4.78, 5) is 30.7. The molecule has 2 heterocycles. The van der Waals surface area contributed by atoms with E-state index in [0.29, 0.717) is 0 Å². The van der Waals surface area contributed by atoms with Gasteiger partial charge in [-0.15, -0.1) is 0 Å². The van der Waals surface area contributed by atoms with Gasteiger partial charge in [-0.05, 0) is 45.7 Å². The first-order valence-electron chi connectivity index (χ1n) is 5.34. The lowest BCUT2D eigenvalue weighted by molar-refractivity contribution is 0.561. The topological polar surface area (TPSA) is 80.6 Å². The number of H-pyrrole nitrogens is 1. The summed E-state index contributed by atoms with van der Waals surface area (Å²) >= 11 is 6.36. The lowest BCUT2D eigenvalue weighted by Gasteiger charge is -2.07. The molecule has 0 aliphatic carbocycles. The average molecular weight is 392 g/mol. The summed E-state index contributed by atoms with van der Waals surface area (Å²) in [6.45, 7) is 3.88. The molecule has 0 amide bonds. The standard InChI is InChI=1S/C7H9BrN2O.C4H3BrN2O/c1-5(2)10-4-6(8)3-9-7(10)11;5-3-1-6-4(8)7-2-3/h3-5H,1-2H3;1-2H,(H,6,7,8). The highest BCUT2D eigenvalue weighted by Crippen LogP contribution is 2.06. The number of rotatable bonds is 1. The zero-order chi connectivity index (χ0) is 14.4. The number of halogens is 2. The van der Waals surface area contributed by atoms with Gasteiger partial charge in [-0.2, -0.15) is 0 Å². The second-order valence-electron chi connectivity index (χ2n) is 3.79. The van der Waals surface area contributed by atoms with E-state index in [4.69, 9.17) is 0 Å². The third-order valence-corrected chi connectivity index (χ3v) is 2.82. The molecule has 6 nitrogen and oxygen atoms in total. The van der Waals surface area contributed by atoms with E-state index in [-0.39, 0.29) is 17.4 Å². The molecule has 0 aliphatic heterocycles. The van der Waals surface area contributed by atoms with Crippen LogP contribution in [0, 0.1) is 0 Å². The van der Waals surface area contributed by atoms with Crippen molar-refractivity contribution in [1.29, 1.82) is 0 Å². The van der Waals surface area contributed by atoms with Crippen molar-refractivity contribution in [3.63, 3.8) is 0 Å². The third-order valence-electron chi connectivity index (χ3n) is 1.98. The monoisotopic (exact) mass is 390 g/mol. The first-order chi connectivity index (χ1) is 8.90. The van der Waals surface area contributed by atoms with Gasteiger partial charge in [0.05, 0.1) is 8.95 Å². The van der Waals surface area contributed by atoms with Gasteiger partial charge in [-0.3, -0.25) is 4.57 Å². The molecule has 2 rings (SSSR count). The van der Waals surface area contributed by atoms with Crippen molar-refractivity contribution in [3.05, 3.63) is 54.7 Å². The number of nitrogens with one attached hydrogen (secondary N) is 1. The Balaban J connectivity index is 0.000000200. The fourth-order valence-corrected chi connectivity index (χ4v) is 1.64. The number of aromatic amines is 1. The maximum atomic E-state index is 11.0. The van der Waals surface area contributed by atoms with E-state index in [9.17, 15) is 9.59 Å². The van der Waals surface area contributed by atoms with Crippen LogP contribution in [-0.4, -0.2) is 19.5 Å². The molecule has 0 bridgehead atoms. The summed E-state index contributed by atoms with van der Waals surface area (Å²) in [6.07, 6.45) is 6.22. The maximum absolute atomic E-state index is 11.0. The molecule has 19 heavy (non-hydrogen) atoms. The predicted octanol–water partition coefficient (Wildman–Crippen LogP) is 2.12. The minimum Gasteiger partial charge on any atom is -0.312 e. The van der Waals surface area contributed by atoms with Crippen molar-refractivity contribution >= 4 is 31.9 Å². The summed E-state index contributed by atoms with van der Waals surface area (Å²) in [7, 11) is 0. The van der Waals surface area contributed by atoms with Gasteiger partial charge < -0.3 is 4.98 Å². The Labute approximate surface area is 126 Å². The van der Waals surface area contributed by atoms with Crippen molar-refractivity contribution in [3.8, 4) is 0 Å². The van der Waals surface area contributed by atoms with Crippen LogP contribution in [0.4, 0.5) is 0 Å². The van der Waals surface area contributed by atoms with Crippen LogP contribution in [0.3, 0.4) is 0 Å². The molecule has 0 fully saturated rings. The molecule has 2 aromatic heterocycles. The SMILES string of the molecule is CC(C)n1cc(Br)cnc1=O.O=c1ncc(Br)c[nH]1. The van der Waals surface area contributed by atoms with Crippen molar-refractivity contribution < 1.29 is 0 Å². The van der Waals surface area contributed by atoms with Crippen LogP contribution in [0.5, 0.6) is 0 Å². The summed E-state index contributed by atoms with van der Waals surface area (Å²) in [5.74, 6) is 0. The first kappa shape index (κ1) is 15.8. The Morgan fingerprint density at radius 2 is 1.79 bits per heavy atom. The highest BCUT2D eigenvalue weighted by molar-refractivity contribution is 9.10. The van der Waals surface area contributed by atoms with Gasteiger partial charge >= 0.3 is 11.4 Å². The molecule has 0 saturated heterocycles. The molecule has 102 valence electrons. The Morgan fingerprint density at radius 1 is 1.16 bits per heavy atom. The van der Waals surface area contributed by atoms with Gasteiger partial charge in [-0.1, -0.05) is 0 Å². The number of nitrogens with zero attached hydrogens (tertiary/aromatic N) is 3. The van der Waals surface area contributed by atoms with Crippen molar-refractivity contribution in [1.82, 2.24) is 19.5 Å². The first-order valence-corrected chi connectivity index (χ1v) is 6.92. The largest absolute Gasteiger partial charge is 0.347 e. The van der Waals surface area contributed by atoms with Crippen LogP contribution >= 0.6 is 31.9 Å². The van der Waals surface area contributed by atoms with Crippen molar-refractivity contribution in [2.75, 3.05) is 0 Å². The second kappa shape index (κ2) is 7.34. The Kier molecular flexibility index (Phi) is 6.10. The van der Waals surface area contributed by atoms with E-state index in [2.05, 4.69) is 46.8 Å². The summed E-state index contributed by atoms with van der Waals surface area (Å²) in [5, 5.41) is 0. The van der Waals surface area contributed by atoms with E-state index in [1.165, 1.54) is 18.6 Å². The van der Waals surface area contributed by atoms with Gasteiger partial charge in [0.15, 0.2) is 0 Å². The molecule has 0 radical (unpaired) electrons. The molecular weight excluding hydrogens is 380 g/mol. The zero-order valence-electron chi connectivity index (χ0n) is 10.3. The lowest BCUT2D eigenvalue weighted by atomic mass is 10.4. The normalized spacial score (nSPS) is 9.95. The van der Waals surface area contributed by atoms with Gasteiger partial charge in [0.25, 0.3) is 0 Å². The van der Waals surface area contributed by atoms with E-state index in [0.717, 1.165) is 8.95 Å². The van der Waals surface area contributed by atoms with Crippen LogP contribution in [0.2, 0.25) is 0 Å². The Hall–Kier alpha value is -1.28. The fourth-order valence-electron chi connectivity index (χ4n) is 1.10. The number of aromatic nitrogens is 4. The fraction of sp³-hybridized carbons (Fsp3) is 0.273. The van der Waals surface area contributed by atoms with E-state index < -0.39 is 0 Å². The maximum Gasteiger partial charge on any atom is 0.347 e. The molecule has 8 heteroatoms. The molecule has 0 atom stereocenters. The van der Waals surface area contributed by atoms with E-state index in [1.54, 1.807) is 10.8 Å². The number of hydrogen-bond acceptors (Lipinski definition) is 4. The lowest BCUT2D eigenvalue weighted by Crippen LogP contribution is -2.23. The van der Waals surface area contributed by atoms with Gasteiger partial charge in [0.1, 0.15) is 0 Å². The molecule has 0 aliphatic rings. The van der Waals surface area contributed by atoms with Crippen molar-refractivity contribution in [2.45, 2.75) is 19.9 Å². The molecule has 1 N–H and O–H groups in total. The van der Waals surface area contributed by atoms with Gasteiger partial charge in [0.2, 0.25) is 0 Å². The third kappa shape index (κ3) is 5.48. The molecule has 0 spiro atoms. The zero-order valence-corrected chi connectivity index (χ0v) is 13.5. The van der Waals surface area contributed by atoms with E-state index >= 15 is 0 Å². The minimum atomic E-state index is -0.326. The quantitative estimate of drug-likeness (QED) is 0.807. The molecule has 2 aromatic rings. The second-order valence-corrected chi connectivity index (χ2v) is 5.62. The Morgan fingerprint density at radius 3 is 2.21 bits per heavy atom. The van der Waals surface area contributed by atoms with Gasteiger partial charge in [0, 0.05) is 30.8 Å². The van der Waals surface area contributed by atoms with Crippen molar-refractivity contribution in [2.24, 2.45) is 0 Å². The van der Waals surface area contributed by atoms with Crippen LogP contribution in [0.15, 0.2) is 43.3 Å². The molecule has 0 unspecified atom stereocenters. The Bertz CT molecular complexity index is 631. The highest BCUT2D eigenvalue weighted by Gasteiger charge is 2.00. The smallest absolute Gasteiger partial charge is 0.312 e. The summed E-state index contributed by atoms with van der Waals surface area (Å²) < 4.78 is 3.17. The minimum absolute atomic E-state index is 0.160. The summed E-state index contributed by atoms with van der Waals surface area (Å²) in [5.41, 5.74) is -0.531.